The Morgan fingerprint density at radius 3 is 2.12 bits per heavy atom. The van der Waals surface area contributed by atoms with Gasteiger partial charge in [0.15, 0.2) is 5.69 Å². The zero-order valence-corrected chi connectivity index (χ0v) is 9.37. The monoisotopic (exact) mass is 231 g/mol. The van der Waals surface area contributed by atoms with Crippen molar-refractivity contribution < 1.29 is 15.0 Å². The van der Waals surface area contributed by atoms with Crippen LogP contribution in [0, 0.1) is 6.92 Å². The molecule has 0 aliphatic rings. The number of carboxylic acid groups (broad SMARTS) is 1. The number of hydrogen-bond acceptors (Lipinski definition) is 3. The van der Waals surface area contributed by atoms with Crippen molar-refractivity contribution in [1.82, 2.24) is 4.98 Å². The molecule has 1 aromatic heterocycles. The number of benzene rings is 1. The largest absolute Gasteiger partial charge is 0.508 e. The SMILES string of the molecule is Cc1cccnc1C(=O)O.Oc1ccccc1. The van der Waals surface area contributed by atoms with Crippen molar-refractivity contribution in [1.29, 1.82) is 0 Å². The lowest BCUT2D eigenvalue weighted by Crippen LogP contribution is -2.01. The number of aromatic carboxylic acids is 1. The third-order valence-electron chi connectivity index (χ3n) is 1.97. The van der Waals surface area contributed by atoms with E-state index in [1.807, 2.05) is 6.07 Å². The Morgan fingerprint density at radius 1 is 1.12 bits per heavy atom. The molecule has 4 heteroatoms. The summed E-state index contributed by atoms with van der Waals surface area (Å²) < 4.78 is 0. The molecule has 0 radical (unpaired) electrons. The van der Waals surface area contributed by atoms with Gasteiger partial charge >= 0.3 is 5.97 Å². The molecule has 0 aliphatic carbocycles. The second kappa shape index (κ2) is 6.27. The number of aromatic nitrogens is 1. The van der Waals surface area contributed by atoms with Crippen LogP contribution < -0.4 is 0 Å². The van der Waals surface area contributed by atoms with Crippen LogP contribution in [0.4, 0.5) is 0 Å². The maximum absolute atomic E-state index is 10.4. The third-order valence-corrected chi connectivity index (χ3v) is 1.97. The summed E-state index contributed by atoms with van der Waals surface area (Å²) in [7, 11) is 0. The summed E-state index contributed by atoms with van der Waals surface area (Å²) in [5.74, 6) is -0.652. The van der Waals surface area contributed by atoms with Crippen molar-refractivity contribution in [2.24, 2.45) is 0 Å². The van der Waals surface area contributed by atoms with E-state index in [0.717, 1.165) is 0 Å². The Balaban J connectivity index is 0.000000181. The van der Waals surface area contributed by atoms with Crippen LogP contribution in [-0.2, 0) is 0 Å². The highest BCUT2D eigenvalue weighted by Gasteiger charge is 2.05. The molecule has 1 aromatic carbocycles. The van der Waals surface area contributed by atoms with E-state index in [9.17, 15) is 4.79 Å². The Labute approximate surface area is 99.2 Å². The predicted octanol–water partition coefficient (Wildman–Crippen LogP) is 2.48. The Morgan fingerprint density at radius 2 is 1.76 bits per heavy atom. The molecule has 0 saturated carbocycles. The lowest BCUT2D eigenvalue weighted by molar-refractivity contribution is 0.0689. The van der Waals surface area contributed by atoms with Crippen LogP contribution >= 0.6 is 0 Å². The fourth-order valence-corrected chi connectivity index (χ4v) is 1.14. The molecule has 0 aliphatic heterocycles. The van der Waals surface area contributed by atoms with Crippen LogP contribution in [0.2, 0.25) is 0 Å². The van der Waals surface area contributed by atoms with Crippen molar-refractivity contribution in [2.75, 3.05) is 0 Å². The Kier molecular flexibility index (Phi) is 4.69. The predicted molar refractivity (Wildman–Crippen MR) is 64.0 cm³/mol. The van der Waals surface area contributed by atoms with Gasteiger partial charge in [0.1, 0.15) is 5.75 Å². The molecule has 0 fully saturated rings. The minimum absolute atomic E-state index is 0.127. The number of para-hydroxylation sites is 1. The standard InChI is InChI=1S/C7H7NO2.C6H6O/c1-5-3-2-4-8-6(5)7(9)10;7-6-4-2-1-3-5-6/h2-4H,1H3,(H,9,10);1-5,7H. The third kappa shape index (κ3) is 4.34. The number of carbonyl (C=O) groups is 1. The lowest BCUT2D eigenvalue weighted by atomic mass is 10.2. The second-order valence-electron chi connectivity index (χ2n) is 3.31. The zero-order chi connectivity index (χ0) is 12.7. The highest BCUT2D eigenvalue weighted by Crippen LogP contribution is 2.03. The number of phenolic OH excluding ortho intramolecular Hbond substituents is 1. The summed E-state index contributed by atoms with van der Waals surface area (Å²) in [6.45, 7) is 1.72. The topological polar surface area (TPSA) is 70.4 Å². The molecule has 0 bridgehead atoms. The number of carboxylic acids is 1. The summed E-state index contributed by atoms with van der Waals surface area (Å²) >= 11 is 0. The lowest BCUT2D eigenvalue weighted by Gasteiger charge is -1.95. The van der Waals surface area contributed by atoms with Gasteiger partial charge in [0.05, 0.1) is 0 Å². The molecule has 0 atom stereocenters. The van der Waals surface area contributed by atoms with Crippen LogP contribution in [0.15, 0.2) is 48.7 Å². The van der Waals surface area contributed by atoms with Crippen molar-refractivity contribution in [2.45, 2.75) is 6.92 Å². The van der Waals surface area contributed by atoms with E-state index >= 15 is 0 Å². The molecule has 4 nitrogen and oxygen atoms in total. The fourth-order valence-electron chi connectivity index (χ4n) is 1.14. The first kappa shape index (κ1) is 12.7. The fraction of sp³-hybridized carbons (Fsp3) is 0.0769. The van der Waals surface area contributed by atoms with E-state index in [0.29, 0.717) is 11.3 Å². The van der Waals surface area contributed by atoms with Crippen molar-refractivity contribution in [3.05, 3.63) is 59.9 Å². The minimum atomic E-state index is -0.974. The van der Waals surface area contributed by atoms with Crippen molar-refractivity contribution in [3.63, 3.8) is 0 Å². The Bertz CT molecular complexity index is 483. The molecule has 17 heavy (non-hydrogen) atoms. The first-order valence-electron chi connectivity index (χ1n) is 5.00. The first-order valence-corrected chi connectivity index (χ1v) is 5.00. The molecule has 88 valence electrons. The molecular formula is C13H13NO3. The van der Waals surface area contributed by atoms with Crippen LogP contribution in [0.1, 0.15) is 16.1 Å². The average molecular weight is 231 g/mol. The number of aryl methyl sites for hydroxylation is 1. The number of phenols is 1. The normalized spacial score (nSPS) is 9.00. The van der Waals surface area contributed by atoms with Crippen LogP contribution in [0.3, 0.4) is 0 Å². The summed E-state index contributed by atoms with van der Waals surface area (Å²) in [5.41, 5.74) is 0.817. The smallest absolute Gasteiger partial charge is 0.354 e. The van der Waals surface area contributed by atoms with Gasteiger partial charge in [-0.15, -0.1) is 0 Å². The summed E-state index contributed by atoms with van der Waals surface area (Å²) in [6.07, 6.45) is 1.47. The summed E-state index contributed by atoms with van der Waals surface area (Å²) in [6, 6.07) is 12.1. The van der Waals surface area contributed by atoms with Crippen LogP contribution in [-0.4, -0.2) is 21.2 Å². The van der Waals surface area contributed by atoms with Gasteiger partial charge in [-0.3, -0.25) is 0 Å². The van der Waals surface area contributed by atoms with E-state index in [1.165, 1.54) is 6.20 Å². The molecule has 0 spiro atoms. The maximum atomic E-state index is 10.4. The van der Waals surface area contributed by atoms with E-state index < -0.39 is 5.97 Å². The zero-order valence-electron chi connectivity index (χ0n) is 9.37. The quantitative estimate of drug-likeness (QED) is 0.791. The molecule has 2 rings (SSSR count). The van der Waals surface area contributed by atoms with Crippen molar-refractivity contribution >= 4 is 5.97 Å². The van der Waals surface area contributed by atoms with Gasteiger partial charge in [-0.25, -0.2) is 9.78 Å². The average Bonchev–Trinajstić information content (AvgIpc) is 2.31. The number of rotatable bonds is 1. The number of pyridine rings is 1. The van der Waals surface area contributed by atoms with E-state index in [2.05, 4.69) is 4.98 Å². The summed E-state index contributed by atoms with van der Waals surface area (Å²) in [5, 5.41) is 17.1. The molecule has 2 N–H and O–H groups in total. The van der Waals surface area contributed by atoms with Crippen LogP contribution in [0.5, 0.6) is 5.75 Å². The highest BCUT2D eigenvalue weighted by atomic mass is 16.4. The van der Waals surface area contributed by atoms with Crippen molar-refractivity contribution in [3.8, 4) is 5.75 Å². The first-order chi connectivity index (χ1) is 8.11. The maximum Gasteiger partial charge on any atom is 0.354 e. The van der Waals surface area contributed by atoms with Gasteiger partial charge < -0.3 is 10.2 Å². The van der Waals surface area contributed by atoms with Gasteiger partial charge in [-0.2, -0.15) is 0 Å². The number of aromatic hydroxyl groups is 1. The van der Waals surface area contributed by atoms with Gasteiger partial charge in [-0.05, 0) is 30.7 Å². The van der Waals surface area contributed by atoms with Gasteiger partial charge in [0.2, 0.25) is 0 Å². The molecular weight excluding hydrogens is 218 g/mol. The highest BCUT2D eigenvalue weighted by molar-refractivity contribution is 5.86. The number of hydrogen-bond donors (Lipinski definition) is 2. The van der Waals surface area contributed by atoms with E-state index in [-0.39, 0.29) is 5.69 Å². The Hall–Kier alpha value is -2.36. The van der Waals surface area contributed by atoms with Gasteiger partial charge in [0.25, 0.3) is 0 Å². The van der Waals surface area contributed by atoms with E-state index in [4.69, 9.17) is 10.2 Å². The molecule has 2 aromatic rings. The second-order valence-corrected chi connectivity index (χ2v) is 3.31. The number of nitrogens with zero attached hydrogens (tertiary/aromatic N) is 1. The van der Waals surface area contributed by atoms with E-state index in [1.54, 1.807) is 43.3 Å². The van der Waals surface area contributed by atoms with Crippen LogP contribution in [0.25, 0.3) is 0 Å². The molecule has 1 heterocycles. The minimum Gasteiger partial charge on any atom is -0.508 e. The van der Waals surface area contributed by atoms with Gasteiger partial charge in [-0.1, -0.05) is 24.3 Å². The van der Waals surface area contributed by atoms with Gasteiger partial charge in [0, 0.05) is 6.20 Å². The molecule has 0 saturated heterocycles. The molecule has 0 amide bonds. The molecule has 0 unspecified atom stereocenters. The summed E-state index contributed by atoms with van der Waals surface area (Å²) in [4.78, 5) is 14.0.